The topological polar surface area (TPSA) is 96.5 Å². The molecule has 1 aliphatic heterocycles. The van der Waals surface area contributed by atoms with Crippen LogP contribution in [-0.2, 0) is 4.74 Å². The fourth-order valence-corrected chi connectivity index (χ4v) is 4.99. The number of pyridine rings is 2. The number of aromatic nitrogens is 4. The maximum Gasteiger partial charge on any atom is 0.409 e. The number of halogens is 3. The first-order chi connectivity index (χ1) is 17.9. The third-order valence-electron chi connectivity index (χ3n) is 6.28. The van der Waals surface area contributed by atoms with E-state index < -0.39 is 12.1 Å². The smallest absolute Gasteiger partial charge is 0.409 e. The Morgan fingerprint density at radius 3 is 2.59 bits per heavy atom. The normalized spacial score (nSPS) is 14.6. The monoisotopic (exact) mass is 544 g/mol. The lowest BCUT2D eigenvalue weighted by Crippen LogP contribution is -2.49. The molecule has 0 spiro atoms. The molecule has 0 aliphatic carbocycles. The van der Waals surface area contributed by atoms with Gasteiger partial charge in [-0.3, -0.25) is 5.10 Å². The third kappa shape index (κ3) is 4.99. The van der Waals surface area contributed by atoms with E-state index in [1.165, 1.54) is 13.3 Å². The van der Waals surface area contributed by atoms with E-state index in [0.717, 1.165) is 22.3 Å². The van der Waals surface area contributed by atoms with Crippen LogP contribution >= 0.6 is 23.2 Å². The Kier molecular flexibility index (Phi) is 7.03. The Balaban J connectivity index is 1.34. The second kappa shape index (κ2) is 10.4. The maximum absolute atomic E-state index is 13.9. The van der Waals surface area contributed by atoms with E-state index >= 15 is 0 Å². The number of rotatable bonds is 5. The highest BCUT2D eigenvalue weighted by atomic mass is 35.5. The highest BCUT2D eigenvalue weighted by Crippen LogP contribution is 2.35. The molecular formula is C25H23Cl2FN6O3. The number of nitrogens with one attached hydrogen (secondary N) is 1. The summed E-state index contributed by atoms with van der Waals surface area (Å²) in [6, 6.07) is 9.39. The van der Waals surface area contributed by atoms with E-state index in [-0.39, 0.29) is 16.1 Å². The average molecular weight is 545 g/mol. The number of fused-ring (bicyclic) bond motifs is 1. The van der Waals surface area contributed by atoms with Gasteiger partial charge in [0.05, 0.1) is 17.6 Å². The van der Waals surface area contributed by atoms with Crippen LogP contribution in [-0.4, -0.2) is 64.4 Å². The van der Waals surface area contributed by atoms with Crippen molar-refractivity contribution >= 4 is 46.0 Å². The van der Waals surface area contributed by atoms with Gasteiger partial charge in [0.15, 0.2) is 0 Å². The Morgan fingerprint density at radius 2 is 1.89 bits per heavy atom. The summed E-state index contributed by atoms with van der Waals surface area (Å²) in [5, 5.41) is 8.40. The van der Waals surface area contributed by atoms with E-state index in [0.29, 0.717) is 43.2 Å². The van der Waals surface area contributed by atoms with Crippen LogP contribution in [0.5, 0.6) is 5.75 Å². The van der Waals surface area contributed by atoms with Gasteiger partial charge in [-0.15, -0.1) is 0 Å². The van der Waals surface area contributed by atoms with Gasteiger partial charge in [0.2, 0.25) is 5.95 Å². The number of hydrogen-bond acceptors (Lipinski definition) is 7. The number of hydrogen-bond donors (Lipinski definition) is 1. The molecule has 9 nitrogen and oxygen atoms in total. The van der Waals surface area contributed by atoms with Crippen molar-refractivity contribution in [1.29, 1.82) is 0 Å². The Bertz CT molecular complexity index is 1440. The first kappa shape index (κ1) is 25.0. The highest BCUT2D eigenvalue weighted by Gasteiger charge is 2.23. The first-order valence-electron chi connectivity index (χ1n) is 11.5. The molecule has 12 heteroatoms. The Labute approximate surface area is 222 Å². The zero-order chi connectivity index (χ0) is 26.1. The number of carbonyl (C=O) groups is 1. The maximum atomic E-state index is 13.9. The molecule has 0 saturated carbocycles. The van der Waals surface area contributed by atoms with Crippen molar-refractivity contribution in [3.8, 4) is 17.0 Å². The number of carbonyl (C=O) groups excluding carboxylic acids is 1. The number of amides is 1. The van der Waals surface area contributed by atoms with Crippen molar-refractivity contribution in [2.75, 3.05) is 38.2 Å². The fraction of sp³-hybridized carbons (Fsp3) is 0.280. The predicted octanol–water partition coefficient (Wildman–Crippen LogP) is 5.49. The largest absolute Gasteiger partial charge is 0.486 e. The molecule has 0 radical (unpaired) electrons. The lowest BCUT2D eigenvalue weighted by molar-refractivity contribution is 0.121. The molecule has 4 heterocycles. The molecule has 0 bridgehead atoms. The zero-order valence-corrected chi connectivity index (χ0v) is 21.6. The summed E-state index contributed by atoms with van der Waals surface area (Å²) in [5.74, 6) is 0.565. The number of methoxy groups -OCH3 is 1. The average Bonchev–Trinajstić information content (AvgIpc) is 3.34. The van der Waals surface area contributed by atoms with Crippen molar-refractivity contribution in [3.63, 3.8) is 0 Å². The van der Waals surface area contributed by atoms with Crippen LogP contribution in [0.2, 0.25) is 10.0 Å². The minimum atomic E-state index is -0.801. The molecule has 0 unspecified atom stereocenters. The summed E-state index contributed by atoms with van der Waals surface area (Å²) in [6.07, 6.45) is 2.05. The van der Waals surface area contributed by atoms with Crippen molar-refractivity contribution < 1.29 is 18.7 Å². The molecule has 5 rings (SSSR count). The minimum absolute atomic E-state index is 0.164. The summed E-state index contributed by atoms with van der Waals surface area (Å²) in [4.78, 5) is 23.7. The van der Waals surface area contributed by atoms with Crippen LogP contribution in [0, 0.1) is 5.95 Å². The van der Waals surface area contributed by atoms with Crippen LogP contribution in [0.25, 0.3) is 22.2 Å². The molecule has 4 aromatic rings. The summed E-state index contributed by atoms with van der Waals surface area (Å²) >= 11 is 12.3. The van der Waals surface area contributed by atoms with Gasteiger partial charge in [-0.25, -0.2) is 14.8 Å². The van der Waals surface area contributed by atoms with E-state index in [2.05, 4.69) is 25.1 Å². The van der Waals surface area contributed by atoms with Crippen molar-refractivity contribution in [3.05, 3.63) is 64.3 Å². The lowest BCUT2D eigenvalue weighted by Gasteiger charge is -2.34. The SMILES string of the molecule is COC(=O)N1CCN(c2ccc(-c3n[nH]c4ccc(O[C@@H](C)c5c(Cl)cnc(F)c5Cl)cc34)cn2)CC1. The van der Waals surface area contributed by atoms with Gasteiger partial charge < -0.3 is 19.3 Å². The first-order valence-corrected chi connectivity index (χ1v) is 12.3. The number of aromatic amines is 1. The van der Waals surface area contributed by atoms with Crippen LogP contribution in [0.15, 0.2) is 42.7 Å². The van der Waals surface area contributed by atoms with Gasteiger partial charge >= 0.3 is 6.09 Å². The molecule has 1 aliphatic rings. The molecule has 1 amide bonds. The third-order valence-corrected chi connectivity index (χ3v) is 6.94. The van der Waals surface area contributed by atoms with Crippen LogP contribution in [0.1, 0.15) is 18.6 Å². The lowest BCUT2D eigenvalue weighted by atomic mass is 10.1. The van der Waals surface area contributed by atoms with Crippen LogP contribution in [0.3, 0.4) is 0 Å². The zero-order valence-electron chi connectivity index (χ0n) is 20.0. The Hall–Kier alpha value is -3.63. The van der Waals surface area contributed by atoms with Gasteiger partial charge in [-0.05, 0) is 37.3 Å². The fourth-order valence-electron chi connectivity index (χ4n) is 4.34. The number of piperazine rings is 1. The molecule has 1 atom stereocenters. The van der Waals surface area contributed by atoms with Gasteiger partial charge in [0, 0.05) is 55.1 Å². The molecule has 1 aromatic carbocycles. The Morgan fingerprint density at radius 1 is 1.11 bits per heavy atom. The predicted molar refractivity (Wildman–Crippen MR) is 139 cm³/mol. The quantitative estimate of drug-likeness (QED) is 0.331. The number of H-pyrrole nitrogens is 1. The molecule has 1 saturated heterocycles. The van der Waals surface area contributed by atoms with Crippen molar-refractivity contribution in [2.45, 2.75) is 13.0 Å². The summed E-state index contributed by atoms with van der Waals surface area (Å²) < 4.78 is 24.7. The molecule has 1 N–H and O–H groups in total. The molecular weight excluding hydrogens is 522 g/mol. The van der Waals surface area contributed by atoms with Gasteiger partial charge in [0.1, 0.15) is 28.4 Å². The number of nitrogens with zero attached hydrogens (tertiary/aromatic N) is 5. The van der Waals surface area contributed by atoms with Crippen molar-refractivity contribution in [1.82, 2.24) is 25.1 Å². The van der Waals surface area contributed by atoms with E-state index in [1.54, 1.807) is 24.1 Å². The number of anilines is 1. The second-order valence-electron chi connectivity index (χ2n) is 8.51. The minimum Gasteiger partial charge on any atom is -0.486 e. The summed E-state index contributed by atoms with van der Waals surface area (Å²) in [5.41, 5.74) is 2.70. The van der Waals surface area contributed by atoms with Gasteiger partial charge in [-0.2, -0.15) is 9.49 Å². The molecule has 1 fully saturated rings. The summed E-state index contributed by atoms with van der Waals surface area (Å²) in [6.45, 7) is 4.22. The molecule has 3 aromatic heterocycles. The highest BCUT2D eigenvalue weighted by molar-refractivity contribution is 6.35. The van der Waals surface area contributed by atoms with E-state index in [9.17, 15) is 9.18 Å². The standard InChI is InChI=1S/C25H23Cl2FN6O3/c1-14(21-18(26)13-30-24(28)22(21)27)37-16-4-5-19-17(11-16)23(32-31-19)15-3-6-20(29-12-15)33-7-9-34(10-8-33)25(35)36-2/h3-6,11-14H,7-10H2,1-2H3,(H,31,32)/t14-/m0/s1. The van der Waals surface area contributed by atoms with Crippen LogP contribution < -0.4 is 9.64 Å². The van der Waals surface area contributed by atoms with Crippen molar-refractivity contribution in [2.24, 2.45) is 0 Å². The number of ether oxygens (including phenoxy) is 2. The summed E-state index contributed by atoms with van der Waals surface area (Å²) in [7, 11) is 1.39. The molecule has 192 valence electrons. The van der Waals surface area contributed by atoms with Gasteiger partial charge in [-0.1, -0.05) is 23.2 Å². The molecule has 37 heavy (non-hydrogen) atoms. The van der Waals surface area contributed by atoms with Crippen LogP contribution in [0.4, 0.5) is 15.0 Å². The van der Waals surface area contributed by atoms with Gasteiger partial charge in [0.25, 0.3) is 0 Å². The number of benzene rings is 1. The second-order valence-corrected chi connectivity index (χ2v) is 9.30. The van der Waals surface area contributed by atoms with E-state index in [4.69, 9.17) is 32.7 Å². The van der Waals surface area contributed by atoms with E-state index in [1.807, 2.05) is 24.3 Å².